The smallest absolute Gasteiger partial charge is 0.244 e. The van der Waals surface area contributed by atoms with Crippen molar-refractivity contribution in [1.82, 2.24) is 10.2 Å². The van der Waals surface area contributed by atoms with E-state index in [-0.39, 0.29) is 36.4 Å². The summed E-state index contributed by atoms with van der Waals surface area (Å²) >= 11 is 3.47. The van der Waals surface area contributed by atoms with Gasteiger partial charge >= 0.3 is 0 Å². The summed E-state index contributed by atoms with van der Waals surface area (Å²) in [6.07, 6.45) is 1.95. The van der Waals surface area contributed by atoms with Gasteiger partial charge in [-0.3, -0.25) is 18.7 Å². The van der Waals surface area contributed by atoms with Crippen molar-refractivity contribution in [2.45, 2.75) is 52.2 Å². The zero-order valence-electron chi connectivity index (χ0n) is 23.7. The Balaban J connectivity index is 2.08. The van der Waals surface area contributed by atoms with E-state index in [1.807, 2.05) is 68.4 Å². The molecule has 0 aliphatic rings. The Morgan fingerprint density at radius 1 is 0.927 bits per heavy atom. The fraction of sp³-hybridized carbons (Fsp3) is 0.323. The summed E-state index contributed by atoms with van der Waals surface area (Å²) < 4.78 is 27.7. The first kappa shape index (κ1) is 32.0. The van der Waals surface area contributed by atoms with Crippen LogP contribution in [0.3, 0.4) is 0 Å². The van der Waals surface area contributed by atoms with Crippen molar-refractivity contribution in [1.29, 1.82) is 0 Å². The number of Topliss-reactive ketones (excluding diaryl/α,β-unsaturated/α-hetero) is 1. The Morgan fingerprint density at radius 3 is 2.20 bits per heavy atom. The minimum Gasteiger partial charge on any atom is -0.352 e. The third-order valence-electron chi connectivity index (χ3n) is 6.73. The molecule has 8 nitrogen and oxygen atoms in total. The molecule has 0 aromatic heterocycles. The van der Waals surface area contributed by atoms with E-state index >= 15 is 0 Å². The average Bonchev–Trinajstić information content (AvgIpc) is 2.93. The second-order valence-corrected chi connectivity index (χ2v) is 12.9. The SMILES string of the molecule is CC[C@@H](C)NC(=O)[C@@H](Cc1ccccc1)N(Cc1cccc(Br)c1)C(=O)CN(c1cccc(C(C)=O)c1)S(C)(=O)=O. The van der Waals surface area contributed by atoms with Crippen LogP contribution in [-0.4, -0.2) is 55.8 Å². The van der Waals surface area contributed by atoms with Crippen molar-refractivity contribution in [3.05, 3.63) is 100 Å². The zero-order valence-corrected chi connectivity index (χ0v) is 26.1. The van der Waals surface area contributed by atoms with E-state index in [0.29, 0.717) is 12.0 Å². The fourth-order valence-corrected chi connectivity index (χ4v) is 5.61. The van der Waals surface area contributed by atoms with E-state index in [9.17, 15) is 22.8 Å². The molecule has 0 saturated heterocycles. The lowest BCUT2D eigenvalue weighted by Crippen LogP contribution is -2.54. The van der Waals surface area contributed by atoms with Crippen LogP contribution in [0.5, 0.6) is 0 Å². The Labute approximate surface area is 250 Å². The summed E-state index contributed by atoms with van der Waals surface area (Å²) in [5.74, 6) is -1.10. The van der Waals surface area contributed by atoms with Crippen LogP contribution in [0, 0.1) is 0 Å². The number of hydrogen-bond acceptors (Lipinski definition) is 5. The molecule has 0 bridgehead atoms. The first-order valence-corrected chi connectivity index (χ1v) is 16.0. The topological polar surface area (TPSA) is 104 Å². The zero-order chi connectivity index (χ0) is 30.2. The van der Waals surface area contributed by atoms with Crippen LogP contribution in [0.1, 0.15) is 48.7 Å². The largest absolute Gasteiger partial charge is 0.352 e. The van der Waals surface area contributed by atoms with Gasteiger partial charge in [0.2, 0.25) is 21.8 Å². The van der Waals surface area contributed by atoms with E-state index in [1.54, 1.807) is 12.1 Å². The van der Waals surface area contributed by atoms with Crippen LogP contribution in [-0.2, 0) is 32.6 Å². The molecule has 0 aliphatic heterocycles. The molecule has 0 unspecified atom stereocenters. The molecular formula is C31H36BrN3O5S. The number of benzene rings is 3. The number of carbonyl (C=O) groups excluding carboxylic acids is 3. The quantitative estimate of drug-likeness (QED) is 0.265. The molecule has 2 atom stereocenters. The molecule has 41 heavy (non-hydrogen) atoms. The molecule has 0 heterocycles. The summed E-state index contributed by atoms with van der Waals surface area (Å²) in [7, 11) is -3.93. The maximum Gasteiger partial charge on any atom is 0.244 e. The lowest BCUT2D eigenvalue weighted by atomic mass is 10.0. The minimum absolute atomic E-state index is 0.0782. The van der Waals surface area contributed by atoms with Crippen LogP contribution < -0.4 is 9.62 Å². The highest BCUT2D eigenvalue weighted by Gasteiger charge is 2.33. The van der Waals surface area contributed by atoms with Gasteiger partial charge in [-0.2, -0.15) is 0 Å². The van der Waals surface area contributed by atoms with Gasteiger partial charge in [-0.25, -0.2) is 8.42 Å². The third kappa shape index (κ3) is 9.26. The molecule has 2 amide bonds. The molecule has 0 fully saturated rings. The number of nitrogens with zero attached hydrogens (tertiary/aromatic N) is 2. The Hall–Kier alpha value is -3.50. The number of amides is 2. The predicted octanol–water partition coefficient (Wildman–Crippen LogP) is 4.97. The minimum atomic E-state index is -3.93. The highest BCUT2D eigenvalue weighted by Crippen LogP contribution is 2.22. The van der Waals surface area contributed by atoms with Gasteiger partial charge in [0.1, 0.15) is 12.6 Å². The van der Waals surface area contributed by atoms with Gasteiger partial charge in [-0.05, 0) is 55.7 Å². The van der Waals surface area contributed by atoms with Crippen molar-refractivity contribution >= 4 is 49.2 Å². The normalized spacial score (nSPS) is 12.7. The predicted molar refractivity (Wildman–Crippen MR) is 165 cm³/mol. The van der Waals surface area contributed by atoms with Crippen molar-refractivity contribution in [2.75, 3.05) is 17.1 Å². The standard InChI is InChI=1S/C31H36BrN3O5S/c1-5-22(2)33-31(38)29(18-24-11-7-6-8-12-24)34(20-25-13-9-15-27(32)17-25)30(37)21-35(41(4,39)40)28-16-10-14-26(19-28)23(3)36/h6-17,19,22,29H,5,18,20-21H2,1-4H3,(H,33,38)/t22-,29-/m1/s1. The van der Waals surface area contributed by atoms with Crippen molar-refractivity contribution in [3.63, 3.8) is 0 Å². The second-order valence-electron chi connectivity index (χ2n) is 10.1. The van der Waals surface area contributed by atoms with Gasteiger partial charge in [0, 0.05) is 29.0 Å². The molecular weight excluding hydrogens is 606 g/mol. The highest BCUT2D eigenvalue weighted by atomic mass is 79.9. The van der Waals surface area contributed by atoms with E-state index < -0.39 is 28.5 Å². The van der Waals surface area contributed by atoms with Gasteiger partial charge < -0.3 is 10.2 Å². The molecule has 0 radical (unpaired) electrons. The number of carbonyl (C=O) groups is 3. The monoisotopic (exact) mass is 641 g/mol. The van der Waals surface area contributed by atoms with E-state index in [0.717, 1.165) is 26.2 Å². The molecule has 3 aromatic carbocycles. The van der Waals surface area contributed by atoms with Gasteiger partial charge in [0.25, 0.3) is 0 Å². The third-order valence-corrected chi connectivity index (χ3v) is 8.37. The van der Waals surface area contributed by atoms with E-state index in [4.69, 9.17) is 0 Å². The highest BCUT2D eigenvalue weighted by molar-refractivity contribution is 9.10. The van der Waals surface area contributed by atoms with Crippen molar-refractivity contribution in [3.8, 4) is 0 Å². The Kier molecular flexibility index (Phi) is 11.3. The van der Waals surface area contributed by atoms with E-state index in [2.05, 4.69) is 21.2 Å². The Bertz CT molecular complexity index is 1480. The number of halogens is 1. The lowest BCUT2D eigenvalue weighted by Gasteiger charge is -2.34. The number of anilines is 1. The maximum atomic E-state index is 14.1. The fourth-order valence-electron chi connectivity index (χ4n) is 4.32. The second kappa shape index (κ2) is 14.4. The maximum absolute atomic E-state index is 14.1. The molecule has 0 aliphatic carbocycles. The van der Waals surface area contributed by atoms with Crippen LogP contribution >= 0.6 is 15.9 Å². The van der Waals surface area contributed by atoms with Crippen molar-refractivity contribution < 1.29 is 22.8 Å². The number of nitrogens with one attached hydrogen (secondary N) is 1. The summed E-state index contributed by atoms with van der Waals surface area (Å²) in [5, 5.41) is 3.01. The summed E-state index contributed by atoms with van der Waals surface area (Å²) in [4.78, 5) is 41.3. The first-order chi connectivity index (χ1) is 19.4. The van der Waals surface area contributed by atoms with Crippen LogP contribution in [0.15, 0.2) is 83.3 Å². The lowest BCUT2D eigenvalue weighted by molar-refractivity contribution is -0.140. The summed E-state index contributed by atoms with van der Waals surface area (Å²) in [5.41, 5.74) is 2.15. The molecule has 3 aromatic rings. The van der Waals surface area contributed by atoms with Crippen molar-refractivity contribution in [2.24, 2.45) is 0 Å². The van der Waals surface area contributed by atoms with Crippen LogP contribution in [0.2, 0.25) is 0 Å². The first-order valence-electron chi connectivity index (χ1n) is 13.4. The van der Waals surface area contributed by atoms with Crippen LogP contribution in [0.4, 0.5) is 5.69 Å². The summed E-state index contributed by atoms with van der Waals surface area (Å²) in [6, 6.07) is 21.9. The number of ketones is 1. The number of rotatable bonds is 13. The Morgan fingerprint density at radius 2 is 1.59 bits per heavy atom. The van der Waals surface area contributed by atoms with Gasteiger partial charge in [0.15, 0.2) is 5.78 Å². The molecule has 0 spiro atoms. The van der Waals surface area contributed by atoms with Gasteiger partial charge in [-0.1, -0.05) is 77.5 Å². The molecule has 10 heteroatoms. The number of sulfonamides is 1. The summed E-state index contributed by atoms with van der Waals surface area (Å²) in [6.45, 7) is 4.77. The average molecular weight is 643 g/mol. The molecule has 3 rings (SSSR count). The molecule has 0 saturated carbocycles. The molecule has 1 N–H and O–H groups in total. The number of hydrogen-bond donors (Lipinski definition) is 1. The van der Waals surface area contributed by atoms with E-state index in [1.165, 1.54) is 24.0 Å². The van der Waals surface area contributed by atoms with Gasteiger partial charge in [-0.15, -0.1) is 0 Å². The van der Waals surface area contributed by atoms with Crippen LogP contribution in [0.25, 0.3) is 0 Å². The molecule has 218 valence electrons. The van der Waals surface area contributed by atoms with Gasteiger partial charge in [0.05, 0.1) is 11.9 Å².